The quantitative estimate of drug-likeness (QED) is 0.655. The number of carbonyl (C=O) groups is 1. The third-order valence-electron chi connectivity index (χ3n) is 4.34. The van der Waals surface area contributed by atoms with E-state index in [0.29, 0.717) is 12.2 Å². The molecule has 0 radical (unpaired) electrons. The van der Waals surface area contributed by atoms with Crippen molar-refractivity contribution in [1.82, 2.24) is 4.98 Å². The van der Waals surface area contributed by atoms with Crippen LogP contribution in [-0.4, -0.2) is 10.9 Å². The molecule has 0 aliphatic rings. The van der Waals surface area contributed by atoms with Crippen molar-refractivity contribution in [3.05, 3.63) is 89.7 Å². The van der Waals surface area contributed by atoms with E-state index in [0.717, 1.165) is 11.4 Å². The first-order chi connectivity index (χ1) is 12.9. The van der Waals surface area contributed by atoms with Crippen molar-refractivity contribution >= 4 is 17.3 Å². The number of hydrogen-bond acceptors (Lipinski definition) is 3. The summed E-state index contributed by atoms with van der Waals surface area (Å²) in [5.41, 5.74) is 4.50. The van der Waals surface area contributed by atoms with E-state index in [1.165, 1.54) is 11.1 Å². The lowest BCUT2D eigenvalue weighted by Gasteiger charge is -2.19. The second-order valence-corrected chi connectivity index (χ2v) is 7.55. The molecular formula is C23H25N3O. The highest BCUT2D eigenvalue weighted by molar-refractivity contribution is 6.03. The van der Waals surface area contributed by atoms with E-state index in [4.69, 9.17) is 0 Å². The van der Waals surface area contributed by atoms with Gasteiger partial charge >= 0.3 is 0 Å². The van der Waals surface area contributed by atoms with Crippen LogP contribution in [0.3, 0.4) is 0 Å². The van der Waals surface area contributed by atoms with E-state index in [2.05, 4.69) is 48.5 Å². The molecule has 3 aromatic rings. The van der Waals surface area contributed by atoms with Gasteiger partial charge in [0.15, 0.2) is 0 Å². The van der Waals surface area contributed by atoms with Crippen molar-refractivity contribution in [2.24, 2.45) is 0 Å². The van der Waals surface area contributed by atoms with Crippen LogP contribution in [0.15, 0.2) is 72.9 Å². The van der Waals surface area contributed by atoms with Crippen LogP contribution >= 0.6 is 0 Å². The first kappa shape index (κ1) is 18.6. The predicted octanol–water partition coefficient (Wildman–Crippen LogP) is 5.24. The molecular weight excluding hydrogens is 334 g/mol. The maximum absolute atomic E-state index is 12.5. The van der Waals surface area contributed by atoms with Gasteiger partial charge in [-0.05, 0) is 40.8 Å². The van der Waals surface area contributed by atoms with Crippen LogP contribution in [0.4, 0.5) is 11.4 Å². The Balaban J connectivity index is 1.64. The molecule has 0 saturated heterocycles. The highest BCUT2D eigenvalue weighted by atomic mass is 16.1. The third-order valence-corrected chi connectivity index (χ3v) is 4.34. The van der Waals surface area contributed by atoms with Gasteiger partial charge in [0.25, 0.3) is 5.91 Å². The summed E-state index contributed by atoms with van der Waals surface area (Å²) in [6.45, 7) is 7.19. The fourth-order valence-corrected chi connectivity index (χ4v) is 2.71. The molecule has 1 heterocycles. The van der Waals surface area contributed by atoms with Crippen LogP contribution in [0.1, 0.15) is 42.4 Å². The standard InChI is InChI=1S/C23H25N3O/c1-23(2,3)18-9-11-19(12-10-18)26-22(27)21-15-20(13-14-24-21)25-16-17-7-5-4-6-8-17/h4-15H,16H2,1-3H3,(H,24,25)(H,26,27). The highest BCUT2D eigenvalue weighted by Gasteiger charge is 2.14. The van der Waals surface area contributed by atoms with E-state index in [9.17, 15) is 4.79 Å². The molecule has 0 atom stereocenters. The second kappa shape index (κ2) is 8.04. The van der Waals surface area contributed by atoms with Gasteiger partial charge in [-0.2, -0.15) is 0 Å². The van der Waals surface area contributed by atoms with Crippen LogP contribution in [0.2, 0.25) is 0 Å². The number of aromatic nitrogens is 1. The number of pyridine rings is 1. The number of carbonyl (C=O) groups excluding carboxylic acids is 1. The number of rotatable bonds is 5. The Morgan fingerprint density at radius 3 is 2.30 bits per heavy atom. The maximum atomic E-state index is 12.5. The lowest BCUT2D eigenvalue weighted by atomic mass is 9.87. The minimum Gasteiger partial charge on any atom is -0.381 e. The molecule has 27 heavy (non-hydrogen) atoms. The Morgan fingerprint density at radius 1 is 0.926 bits per heavy atom. The normalized spacial score (nSPS) is 11.1. The van der Waals surface area contributed by atoms with Crippen LogP contribution < -0.4 is 10.6 Å². The third kappa shape index (κ3) is 5.17. The molecule has 0 fully saturated rings. The number of benzene rings is 2. The molecule has 2 aromatic carbocycles. The molecule has 0 unspecified atom stereocenters. The summed E-state index contributed by atoms with van der Waals surface area (Å²) in [4.78, 5) is 16.7. The summed E-state index contributed by atoms with van der Waals surface area (Å²) in [7, 11) is 0. The van der Waals surface area contributed by atoms with Gasteiger partial charge in [-0.1, -0.05) is 63.2 Å². The molecule has 1 aromatic heterocycles. The van der Waals surface area contributed by atoms with E-state index >= 15 is 0 Å². The largest absolute Gasteiger partial charge is 0.381 e. The molecule has 3 rings (SSSR count). The van der Waals surface area contributed by atoms with Crippen molar-refractivity contribution in [2.75, 3.05) is 10.6 Å². The Morgan fingerprint density at radius 2 is 1.63 bits per heavy atom. The van der Waals surface area contributed by atoms with Crippen LogP contribution in [0.5, 0.6) is 0 Å². The predicted molar refractivity (Wildman–Crippen MR) is 111 cm³/mol. The number of nitrogens with zero attached hydrogens (tertiary/aromatic N) is 1. The number of amides is 1. The van der Waals surface area contributed by atoms with Gasteiger partial charge in [-0.15, -0.1) is 0 Å². The van der Waals surface area contributed by atoms with Gasteiger partial charge in [0.2, 0.25) is 0 Å². The van der Waals surface area contributed by atoms with Crippen molar-refractivity contribution < 1.29 is 4.79 Å². The van der Waals surface area contributed by atoms with Gasteiger partial charge in [0, 0.05) is 24.1 Å². The topological polar surface area (TPSA) is 54.0 Å². The van der Waals surface area contributed by atoms with Gasteiger partial charge < -0.3 is 10.6 Å². The zero-order chi connectivity index (χ0) is 19.3. The molecule has 2 N–H and O–H groups in total. The van der Waals surface area contributed by atoms with E-state index < -0.39 is 0 Å². The van der Waals surface area contributed by atoms with E-state index in [1.807, 2.05) is 48.5 Å². The zero-order valence-corrected chi connectivity index (χ0v) is 16.0. The first-order valence-corrected chi connectivity index (χ1v) is 9.07. The Kier molecular flexibility index (Phi) is 5.55. The molecule has 138 valence electrons. The molecule has 0 bridgehead atoms. The van der Waals surface area contributed by atoms with Gasteiger partial charge in [-0.3, -0.25) is 9.78 Å². The molecule has 4 heteroatoms. The Bertz CT molecular complexity index is 897. The van der Waals surface area contributed by atoms with Crippen molar-refractivity contribution in [1.29, 1.82) is 0 Å². The average molecular weight is 359 g/mol. The SMILES string of the molecule is CC(C)(C)c1ccc(NC(=O)c2cc(NCc3ccccc3)ccn2)cc1. The smallest absolute Gasteiger partial charge is 0.274 e. The minimum absolute atomic E-state index is 0.0862. The zero-order valence-electron chi connectivity index (χ0n) is 16.0. The van der Waals surface area contributed by atoms with E-state index in [-0.39, 0.29) is 11.3 Å². The molecule has 0 saturated carbocycles. The van der Waals surface area contributed by atoms with Gasteiger partial charge in [-0.25, -0.2) is 0 Å². The summed E-state index contributed by atoms with van der Waals surface area (Å²) >= 11 is 0. The fraction of sp³-hybridized carbons (Fsp3) is 0.217. The van der Waals surface area contributed by atoms with Crippen LogP contribution in [0, 0.1) is 0 Å². The second-order valence-electron chi connectivity index (χ2n) is 7.55. The molecule has 4 nitrogen and oxygen atoms in total. The number of hydrogen-bond donors (Lipinski definition) is 2. The number of anilines is 2. The lowest BCUT2D eigenvalue weighted by Crippen LogP contribution is -2.15. The highest BCUT2D eigenvalue weighted by Crippen LogP contribution is 2.23. The Hall–Kier alpha value is -3.14. The Labute approximate surface area is 160 Å². The van der Waals surface area contributed by atoms with E-state index in [1.54, 1.807) is 12.3 Å². The molecule has 0 spiro atoms. The molecule has 0 aliphatic carbocycles. The maximum Gasteiger partial charge on any atom is 0.274 e. The summed E-state index contributed by atoms with van der Waals surface area (Å²) in [6, 6.07) is 21.7. The van der Waals surface area contributed by atoms with Crippen molar-refractivity contribution in [3.63, 3.8) is 0 Å². The summed E-state index contributed by atoms with van der Waals surface area (Å²) in [6.07, 6.45) is 1.64. The summed E-state index contributed by atoms with van der Waals surface area (Å²) in [5.74, 6) is -0.220. The van der Waals surface area contributed by atoms with Gasteiger partial charge in [0.05, 0.1) is 0 Å². The fourth-order valence-electron chi connectivity index (χ4n) is 2.71. The van der Waals surface area contributed by atoms with Gasteiger partial charge in [0.1, 0.15) is 5.69 Å². The van der Waals surface area contributed by atoms with Crippen molar-refractivity contribution in [3.8, 4) is 0 Å². The minimum atomic E-state index is -0.220. The first-order valence-electron chi connectivity index (χ1n) is 9.07. The number of nitrogens with one attached hydrogen (secondary N) is 2. The average Bonchev–Trinajstić information content (AvgIpc) is 2.67. The van der Waals surface area contributed by atoms with Crippen LogP contribution in [0.25, 0.3) is 0 Å². The van der Waals surface area contributed by atoms with Crippen LogP contribution in [-0.2, 0) is 12.0 Å². The summed E-state index contributed by atoms with van der Waals surface area (Å²) < 4.78 is 0. The molecule has 0 aliphatic heterocycles. The monoisotopic (exact) mass is 359 g/mol. The van der Waals surface area contributed by atoms with Crippen molar-refractivity contribution in [2.45, 2.75) is 32.7 Å². The lowest BCUT2D eigenvalue weighted by molar-refractivity contribution is 0.102. The molecule has 1 amide bonds. The summed E-state index contributed by atoms with van der Waals surface area (Å²) in [5, 5.41) is 6.23.